The Morgan fingerprint density at radius 1 is 1.13 bits per heavy atom. The number of halogens is 2. The van der Waals surface area contributed by atoms with Gasteiger partial charge < -0.3 is 5.32 Å². The van der Waals surface area contributed by atoms with E-state index in [0.29, 0.717) is 17.8 Å². The fraction of sp³-hybridized carbons (Fsp3) is 0.174. The van der Waals surface area contributed by atoms with E-state index in [9.17, 15) is 9.18 Å². The number of benzene rings is 2. The van der Waals surface area contributed by atoms with Gasteiger partial charge in [-0.3, -0.25) is 14.5 Å². The van der Waals surface area contributed by atoms with Crippen molar-refractivity contribution in [1.29, 1.82) is 0 Å². The Morgan fingerprint density at radius 2 is 1.87 bits per heavy atom. The number of fused-ring (bicyclic) bond motifs is 1. The number of anilines is 1. The fourth-order valence-electron chi connectivity index (χ4n) is 3.50. The average molecular weight is 467 g/mol. The van der Waals surface area contributed by atoms with Gasteiger partial charge in [-0.25, -0.2) is 4.39 Å². The lowest BCUT2D eigenvalue weighted by Crippen LogP contribution is -2.14. The van der Waals surface area contributed by atoms with Crippen LogP contribution in [0.15, 0.2) is 53.0 Å². The lowest BCUT2D eigenvalue weighted by Gasteiger charge is -2.11. The van der Waals surface area contributed by atoms with E-state index in [2.05, 4.69) is 31.3 Å². The van der Waals surface area contributed by atoms with Crippen LogP contribution in [0.25, 0.3) is 10.9 Å². The summed E-state index contributed by atoms with van der Waals surface area (Å²) in [5, 5.41) is 8.36. The molecule has 0 unspecified atom stereocenters. The molecule has 0 spiro atoms. The van der Waals surface area contributed by atoms with Crippen molar-refractivity contribution in [2.75, 3.05) is 5.32 Å². The first-order valence-electron chi connectivity index (χ1n) is 9.49. The van der Waals surface area contributed by atoms with Crippen molar-refractivity contribution in [1.82, 2.24) is 14.8 Å². The van der Waals surface area contributed by atoms with Gasteiger partial charge >= 0.3 is 0 Å². The van der Waals surface area contributed by atoms with E-state index in [1.807, 2.05) is 43.7 Å². The predicted octanol–water partition coefficient (Wildman–Crippen LogP) is 5.56. The summed E-state index contributed by atoms with van der Waals surface area (Å²) in [6.45, 7) is 6.13. The van der Waals surface area contributed by atoms with Gasteiger partial charge in [-0.1, -0.05) is 24.3 Å². The number of nitrogens with one attached hydrogen (secondary N) is 1. The topological polar surface area (TPSA) is 59.8 Å². The van der Waals surface area contributed by atoms with E-state index in [1.54, 1.807) is 18.2 Å². The maximum absolute atomic E-state index is 13.2. The number of hydrogen-bond acceptors (Lipinski definition) is 3. The van der Waals surface area contributed by atoms with Gasteiger partial charge in [0.2, 0.25) is 0 Å². The van der Waals surface area contributed by atoms with Crippen LogP contribution in [0.2, 0.25) is 0 Å². The molecule has 2 aromatic heterocycles. The summed E-state index contributed by atoms with van der Waals surface area (Å²) in [6, 6.07) is 13.8. The molecule has 4 aromatic rings. The zero-order valence-electron chi connectivity index (χ0n) is 16.8. The monoisotopic (exact) mass is 466 g/mol. The van der Waals surface area contributed by atoms with Gasteiger partial charge in [0.15, 0.2) is 0 Å². The molecular formula is C23H20BrFN4O. The van der Waals surface area contributed by atoms with Gasteiger partial charge in [-0.15, -0.1) is 0 Å². The number of aryl methyl sites for hydroxylation is 2. The molecule has 1 N–H and O–H groups in total. The van der Waals surface area contributed by atoms with Crippen LogP contribution in [0.4, 0.5) is 10.1 Å². The molecule has 0 saturated carbocycles. The SMILES string of the molecule is Cc1cc(C(=O)Nc2c(C)nn(Cc3ccc(F)cc3)c2C)c2cccc(Br)c2n1. The van der Waals surface area contributed by atoms with Gasteiger partial charge in [0.1, 0.15) is 5.82 Å². The van der Waals surface area contributed by atoms with Crippen molar-refractivity contribution < 1.29 is 9.18 Å². The first-order chi connectivity index (χ1) is 14.3. The maximum atomic E-state index is 13.2. The molecule has 5 nitrogen and oxygen atoms in total. The van der Waals surface area contributed by atoms with Crippen LogP contribution in [-0.2, 0) is 6.54 Å². The highest BCUT2D eigenvalue weighted by atomic mass is 79.9. The highest BCUT2D eigenvalue weighted by molar-refractivity contribution is 9.10. The van der Waals surface area contributed by atoms with Crippen molar-refractivity contribution in [3.8, 4) is 0 Å². The number of aromatic nitrogens is 3. The first-order valence-corrected chi connectivity index (χ1v) is 10.3. The average Bonchev–Trinajstić information content (AvgIpc) is 2.97. The molecule has 0 bridgehead atoms. The van der Waals surface area contributed by atoms with Crippen LogP contribution in [0.1, 0.15) is 33.0 Å². The molecule has 30 heavy (non-hydrogen) atoms. The Bertz CT molecular complexity index is 1260. The van der Waals surface area contributed by atoms with Crippen LogP contribution in [0, 0.1) is 26.6 Å². The Labute approximate surface area is 182 Å². The second-order valence-corrected chi connectivity index (χ2v) is 8.09. The van der Waals surface area contributed by atoms with E-state index in [4.69, 9.17) is 0 Å². The highest BCUT2D eigenvalue weighted by Crippen LogP contribution is 2.27. The smallest absolute Gasteiger partial charge is 0.256 e. The Kier molecular flexibility index (Phi) is 5.39. The molecule has 152 valence electrons. The lowest BCUT2D eigenvalue weighted by molar-refractivity contribution is 0.102. The Hall–Kier alpha value is -3.06. The van der Waals surface area contributed by atoms with Crippen molar-refractivity contribution in [2.45, 2.75) is 27.3 Å². The maximum Gasteiger partial charge on any atom is 0.256 e. The van der Waals surface area contributed by atoms with E-state index < -0.39 is 0 Å². The Balaban J connectivity index is 1.66. The van der Waals surface area contributed by atoms with Gasteiger partial charge in [0.25, 0.3) is 5.91 Å². The van der Waals surface area contributed by atoms with Crippen molar-refractivity contribution in [2.24, 2.45) is 0 Å². The molecule has 0 fully saturated rings. The number of hydrogen-bond donors (Lipinski definition) is 1. The molecule has 2 aromatic carbocycles. The molecule has 7 heteroatoms. The zero-order chi connectivity index (χ0) is 21.4. The lowest BCUT2D eigenvalue weighted by atomic mass is 10.1. The van der Waals surface area contributed by atoms with Crippen molar-refractivity contribution in [3.05, 3.63) is 87.0 Å². The second-order valence-electron chi connectivity index (χ2n) is 7.23. The summed E-state index contributed by atoms with van der Waals surface area (Å²) >= 11 is 3.51. The molecule has 4 rings (SSSR count). The first kappa shape index (κ1) is 20.2. The van der Waals surface area contributed by atoms with Crippen LogP contribution in [0.5, 0.6) is 0 Å². The minimum Gasteiger partial charge on any atom is -0.319 e. The summed E-state index contributed by atoms with van der Waals surface area (Å²) in [7, 11) is 0. The molecule has 0 aliphatic heterocycles. The third-order valence-electron chi connectivity index (χ3n) is 5.03. The third kappa shape index (κ3) is 3.85. The third-order valence-corrected chi connectivity index (χ3v) is 5.67. The summed E-state index contributed by atoms with van der Waals surface area (Å²) < 4.78 is 15.8. The molecule has 0 saturated heterocycles. The molecule has 0 aliphatic carbocycles. The minimum atomic E-state index is -0.272. The molecular weight excluding hydrogens is 447 g/mol. The van der Waals surface area contributed by atoms with Crippen LogP contribution < -0.4 is 5.32 Å². The van der Waals surface area contributed by atoms with Gasteiger partial charge in [-0.05, 0) is 66.5 Å². The number of carbonyl (C=O) groups is 1. The van der Waals surface area contributed by atoms with Crippen molar-refractivity contribution in [3.63, 3.8) is 0 Å². The second kappa shape index (κ2) is 7.99. The summed E-state index contributed by atoms with van der Waals surface area (Å²) in [5.74, 6) is -0.484. The zero-order valence-corrected chi connectivity index (χ0v) is 18.4. The molecule has 1 amide bonds. The fourth-order valence-corrected chi connectivity index (χ4v) is 3.96. The molecule has 0 aliphatic rings. The number of para-hydroxylation sites is 1. The van der Waals surface area contributed by atoms with Crippen LogP contribution in [0.3, 0.4) is 0 Å². The van der Waals surface area contributed by atoms with Gasteiger partial charge in [0.05, 0.1) is 34.7 Å². The van der Waals surface area contributed by atoms with Gasteiger partial charge in [-0.2, -0.15) is 5.10 Å². The number of nitrogens with zero attached hydrogens (tertiary/aromatic N) is 3. The number of amides is 1. The number of pyridine rings is 1. The minimum absolute atomic E-state index is 0.212. The van der Waals surface area contributed by atoms with Gasteiger partial charge in [0, 0.05) is 15.6 Å². The van der Waals surface area contributed by atoms with E-state index >= 15 is 0 Å². The number of carbonyl (C=O) groups excluding carboxylic acids is 1. The molecule has 0 radical (unpaired) electrons. The normalized spacial score (nSPS) is 11.1. The summed E-state index contributed by atoms with van der Waals surface area (Å²) in [4.78, 5) is 17.7. The van der Waals surface area contributed by atoms with E-state index in [1.165, 1.54) is 12.1 Å². The quantitative estimate of drug-likeness (QED) is 0.428. The van der Waals surface area contributed by atoms with E-state index in [-0.39, 0.29) is 11.7 Å². The van der Waals surface area contributed by atoms with E-state index in [0.717, 1.165) is 38.0 Å². The summed E-state index contributed by atoms with van der Waals surface area (Å²) in [6.07, 6.45) is 0. The standard InChI is InChI=1S/C23H20BrFN4O/c1-13-11-19(18-5-4-6-20(24)22(18)26-13)23(30)27-21-14(2)28-29(15(21)3)12-16-7-9-17(25)10-8-16/h4-11H,12H2,1-3H3,(H,27,30). The highest BCUT2D eigenvalue weighted by Gasteiger charge is 2.18. The number of rotatable bonds is 4. The summed E-state index contributed by atoms with van der Waals surface area (Å²) in [5.41, 5.74) is 5.24. The Morgan fingerprint density at radius 3 is 2.60 bits per heavy atom. The predicted molar refractivity (Wildman–Crippen MR) is 119 cm³/mol. The molecule has 0 atom stereocenters. The van der Waals surface area contributed by atoms with Crippen molar-refractivity contribution >= 4 is 38.4 Å². The van der Waals surface area contributed by atoms with Crippen LogP contribution in [-0.4, -0.2) is 20.7 Å². The van der Waals surface area contributed by atoms with Crippen LogP contribution >= 0.6 is 15.9 Å². The molecule has 2 heterocycles. The largest absolute Gasteiger partial charge is 0.319 e.